The maximum Gasteiger partial charge on any atom is 0.137 e. The van der Waals surface area contributed by atoms with Gasteiger partial charge in [0.1, 0.15) is 24.5 Å². The topological polar surface area (TPSA) is 60.2 Å². The summed E-state index contributed by atoms with van der Waals surface area (Å²) in [5.74, 6) is 0.860. The standard InChI is InChI=1S/C19H21N3O2/c23-19(16-8-3-1-4-9-16)18(22-15-20-14-21-22)12-7-13-24-17-10-5-2-6-11-17/h1-6,8-11,14-15,18-19,23H,7,12-13H2. The number of para-hydroxylation sites is 1. The van der Waals surface area contributed by atoms with Gasteiger partial charge in [-0.05, 0) is 30.5 Å². The minimum Gasteiger partial charge on any atom is -0.494 e. The van der Waals surface area contributed by atoms with E-state index in [0.717, 1.165) is 24.2 Å². The van der Waals surface area contributed by atoms with E-state index in [-0.39, 0.29) is 6.04 Å². The van der Waals surface area contributed by atoms with E-state index in [2.05, 4.69) is 10.1 Å². The fraction of sp³-hybridized carbons (Fsp3) is 0.263. The quantitative estimate of drug-likeness (QED) is 0.645. The van der Waals surface area contributed by atoms with Crippen molar-refractivity contribution in [3.63, 3.8) is 0 Å². The summed E-state index contributed by atoms with van der Waals surface area (Å²) in [7, 11) is 0. The Morgan fingerprint density at radius 2 is 1.71 bits per heavy atom. The Balaban J connectivity index is 1.61. The van der Waals surface area contributed by atoms with Crippen molar-refractivity contribution in [2.45, 2.75) is 25.0 Å². The Labute approximate surface area is 141 Å². The summed E-state index contributed by atoms with van der Waals surface area (Å²) in [5, 5.41) is 14.9. The number of nitrogens with zero attached hydrogens (tertiary/aromatic N) is 3. The molecule has 24 heavy (non-hydrogen) atoms. The summed E-state index contributed by atoms with van der Waals surface area (Å²) < 4.78 is 7.45. The molecule has 124 valence electrons. The zero-order chi connectivity index (χ0) is 16.6. The van der Waals surface area contributed by atoms with E-state index in [1.807, 2.05) is 60.7 Å². The molecule has 5 nitrogen and oxygen atoms in total. The van der Waals surface area contributed by atoms with Gasteiger partial charge in [0.15, 0.2) is 0 Å². The van der Waals surface area contributed by atoms with Crippen molar-refractivity contribution >= 4 is 0 Å². The molecule has 1 heterocycles. The highest BCUT2D eigenvalue weighted by atomic mass is 16.5. The van der Waals surface area contributed by atoms with Crippen molar-refractivity contribution in [1.82, 2.24) is 14.8 Å². The minimum atomic E-state index is -0.635. The first-order chi connectivity index (χ1) is 11.8. The molecule has 0 aliphatic rings. The van der Waals surface area contributed by atoms with E-state index in [1.54, 1.807) is 11.0 Å². The van der Waals surface area contributed by atoms with Gasteiger partial charge < -0.3 is 9.84 Å². The van der Waals surface area contributed by atoms with E-state index in [4.69, 9.17) is 4.74 Å². The molecule has 0 fully saturated rings. The molecular formula is C19H21N3O2. The number of benzene rings is 2. The SMILES string of the molecule is OC(c1ccccc1)C(CCCOc1ccccc1)n1cncn1. The van der Waals surface area contributed by atoms with Gasteiger partial charge in [-0.25, -0.2) is 9.67 Å². The molecule has 2 unspecified atom stereocenters. The lowest BCUT2D eigenvalue weighted by molar-refractivity contribution is 0.0964. The third-order valence-corrected chi connectivity index (χ3v) is 3.94. The second kappa shape index (κ2) is 8.26. The second-order valence-corrected chi connectivity index (χ2v) is 5.60. The van der Waals surface area contributed by atoms with Crippen LogP contribution in [0.5, 0.6) is 5.75 Å². The second-order valence-electron chi connectivity index (χ2n) is 5.60. The van der Waals surface area contributed by atoms with E-state index >= 15 is 0 Å². The Morgan fingerprint density at radius 1 is 1.00 bits per heavy atom. The van der Waals surface area contributed by atoms with Crippen molar-refractivity contribution in [2.24, 2.45) is 0 Å². The smallest absolute Gasteiger partial charge is 0.137 e. The van der Waals surface area contributed by atoms with Crippen LogP contribution < -0.4 is 4.74 Å². The van der Waals surface area contributed by atoms with E-state index in [9.17, 15) is 5.11 Å². The van der Waals surface area contributed by atoms with Gasteiger partial charge in [0.05, 0.1) is 12.6 Å². The monoisotopic (exact) mass is 323 g/mol. The number of ether oxygens (including phenoxy) is 1. The van der Waals surface area contributed by atoms with Gasteiger partial charge >= 0.3 is 0 Å². The molecule has 0 saturated carbocycles. The molecule has 0 aliphatic carbocycles. The average molecular weight is 323 g/mol. The lowest BCUT2D eigenvalue weighted by Crippen LogP contribution is -2.19. The van der Waals surface area contributed by atoms with Crippen LogP contribution in [0.1, 0.15) is 30.6 Å². The Kier molecular flexibility index (Phi) is 5.58. The van der Waals surface area contributed by atoms with Crippen molar-refractivity contribution in [2.75, 3.05) is 6.61 Å². The summed E-state index contributed by atoms with van der Waals surface area (Å²) in [6.07, 6.45) is 4.06. The van der Waals surface area contributed by atoms with Crippen LogP contribution in [0, 0.1) is 0 Å². The third kappa shape index (κ3) is 4.20. The first kappa shape index (κ1) is 16.2. The molecule has 0 bridgehead atoms. The Morgan fingerprint density at radius 3 is 2.38 bits per heavy atom. The van der Waals surface area contributed by atoms with Crippen LogP contribution in [-0.2, 0) is 0 Å². The van der Waals surface area contributed by atoms with Crippen LogP contribution in [0.4, 0.5) is 0 Å². The highest BCUT2D eigenvalue weighted by Gasteiger charge is 2.23. The van der Waals surface area contributed by atoms with Gasteiger partial charge in [0.2, 0.25) is 0 Å². The van der Waals surface area contributed by atoms with Gasteiger partial charge in [0.25, 0.3) is 0 Å². The zero-order valence-electron chi connectivity index (χ0n) is 13.4. The lowest BCUT2D eigenvalue weighted by atomic mass is 9.99. The first-order valence-corrected chi connectivity index (χ1v) is 8.09. The van der Waals surface area contributed by atoms with Crippen LogP contribution in [-0.4, -0.2) is 26.5 Å². The van der Waals surface area contributed by atoms with Crippen molar-refractivity contribution in [1.29, 1.82) is 0 Å². The first-order valence-electron chi connectivity index (χ1n) is 8.09. The maximum absolute atomic E-state index is 10.7. The van der Waals surface area contributed by atoms with Crippen LogP contribution >= 0.6 is 0 Å². The lowest BCUT2D eigenvalue weighted by Gasteiger charge is -2.23. The number of hydrogen-bond acceptors (Lipinski definition) is 4. The number of aromatic nitrogens is 3. The van der Waals surface area contributed by atoms with E-state index in [0.29, 0.717) is 6.61 Å². The van der Waals surface area contributed by atoms with Crippen molar-refractivity contribution in [3.8, 4) is 5.75 Å². The molecular weight excluding hydrogens is 302 g/mol. The van der Waals surface area contributed by atoms with Gasteiger partial charge in [-0.3, -0.25) is 0 Å². The highest BCUT2D eigenvalue weighted by molar-refractivity contribution is 5.21. The average Bonchev–Trinajstić information content (AvgIpc) is 3.17. The van der Waals surface area contributed by atoms with Gasteiger partial charge in [-0.15, -0.1) is 0 Å². The van der Waals surface area contributed by atoms with Crippen LogP contribution in [0.15, 0.2) is 73.3 Å². The summed E-state index contributed by atoms with van der Waals surface area (Å²) >= 11 is 0. The van der Waals surface area contributed by atoms with Crippen LogP contribution in [0.2, 0.25) is 0 Å². The maximum atomic E-state index is 10.7. The molecule has 0 aliphatic heterocycles. The van der Waals surface area contributed by atoms with Gasteiger partial charge in [-0.1, -0.05) is 48.5 Å². The molecule has 5 heteroatoms. The summed E-state index contributed by atoms with van der Waals surface area (Å²) in [6, 6.07) is 19.2. The third-order valence-electron chi connectivity index (χ3n) is 3.94. The molecule has 2 atom stereocenters. The predicted molar refractivity (Wildman–Crippen MR) is 91.6 cm³/mol. The summed E-state index contributed by atoms with van der Waals surface area (Å²) in [4.78, 5) is 4.00. The van der Waals surface area contributed by atoms with Crippen LogP contribution in [0.25, 0.3) is 0 Å². The number of rotatable bonds is 8. The minimum absolute atomic E-state index is 0.172. The molecule has 0 spiro atoms. The van der Waals surface area contributed by atoms with Gasteiger partial charge in [-0.2, -0.15) is 5.10 Å². The normalized spacial score (nSPS) is 13.4. The number of aliphatic hydroxyl groups is 1. The van der Waals surface area contributed by atoms with Crippen molar-refractivity contribution < 1.29 is 9.84 Å². The fourth-order valence-electron chi connectivity index (χ4n) is 2.70. The highest BCUT2D eigenvalue weighted by Crippen LogP contribution is 2.29. The summed E-state index contributed by atoms with van der Waals surface area (Å²) in [5.41, 5.74) is 0.877. The van der Waals surface area contributed by atoms with E-state index < -0.39 is 6.10 Å². The molecule has 3 rings (SSSR count). The molecule has 0 saturated heterocycles. The van der Waals surface area contributed by atoms with Crippen LogP contribution in [0.3, 0.4) is 0 Å². The summed E-state index contributed by atoms with van der Waals surface area (Å²) in [6.45, 7) is 0.594. The zero-order valence-corrected chi connectivity index (χ0v) is 13.4. The fourth-order valence-corrected chi connectivity index (χ4v) is 2.70. The number of hydrogen-bond donors (Lipinski definition) is 1. The van der Waals surface area contributed by atoms with E-state index in [1.165, 1.54) is 6.33 Å². The Hall–Kier alpha value is -2.66. The molecule has 3 aromatic rings. The number of aliphatic hydroxyl groups excluding tert-OH is 1. The molecule has 0 amide bonds. The van der Waals surface area contributed by atoms with Gasteiger partial charge in [0, 0.05) is 0 Å². The molecule has 2 aromatic carbocycles. The molecule has 0 radical (unpaired) electrons. The Bertz CT molecular complexity index is 702. The predicted octanol–water partition coefficient (Wildman–Crippen LogP) is 3.41. The van der Waals surface area contributed by atoms with Crippen molar-refractivity contribution in [3.05, 3.63) is 78.9 Å². The largest absolute Gasteiger partial charge is 0.494 e. The molecule has 1 aromatic heterocycles. The molecule has 1 N–H and O–H groups in total.